The number of unbranched alkanes of at least 4 members (excludes halogenated alkanes) is 9. The zero-order valence-electron chi connectivity index (χ0n) is 14.2. The average molecular weight is 340 g/mol. The molecule has 0 spiro atoms. The van der Waals surface area contributed by atoms with Crippen LogP contribution < -0.4 is 0 Å². The molecule has 0 bridgehead atoms. The van der Waals surface area contributed by atoms with Crippen molar-refractivity contribution in [3.63, 3.8) is 0 Å². The summed E-state index contributed by atoms with van der Waals surface area (Å²) < 4.78 is 0. The number of hydrogen-bond acceptors (Lipinski definition) is 3. The van der Waals surface area contributed by atoms with E-state index in [1.54, 1.807) is 6.07 Å². The highest BCUT2D eigenvalue weighted by molar-refractivity contribution is 6.32. The van der Waals surface area contributed by atoms with Gasteiger partial charge in [0.25, 0.3) is 0 Å². The van der Waals surface area contributed by atoms with Crippen LogP contribution in [0.4, 0.5) is 0 Å². The molecule has 0 fully saturated rings. The molecule has 1 rings (SSSR count). The SMILES string of the molecule is CCCCCCCCCCCCc1cc(Cl)c(O)c(/C=N\O)c1. The second-order valence-electron chi connectivity index (χ2n) is 6.19. The number of halogens is 1. The largest absolute Gasteiger partial charge is 0.506 e. The summed E-state index contributed by atoms with van der Waals surface area (Å²) in [6.45, 7) is 2.25. The van der Waals surface area contributed by atoms with Crippen molar-refractivity contribution in [3.8, 4) is 5.75 Å². The Balaban J connectivity index is 2.19. The third-order valence-corrected chi connectivity index (χ3v) is 4.46. The van der Waals surface area contributed by atoms with E-state index in [1.165, 1.54) is 64.0 Å². The standard InChI is InChI=1S/C19H30ClNO2/c1-2-3-4-5-6-7-8-9-10-11-12-16-13-17(15-21-23)19(22)18(20)14-16/h13-15,22-23H,2-12H2,1H3/b21-15-. The number of phenols is 1. The lowest BCUT2D eigenvalue weighted by molar-refractivity contribution is 0.321. The Hall–Kier alpha value is -1.22. The highest BCUT2D eigenvalue weighted by atomic mass is 35.5. The van der Waals surface area contributed by atoms with Gasteiger partial charge >= 0.3 is 0 Å². The fourth-order valence-corrected chi connectivity index (χ4v) is 3.05. The number of hydrogen-bond donors (Lipinski definition) is 2. The molecule has 1 aromatic rings. The van der Waals surface area contributed by atoms with Crippen molar-refractivity contribution < 1.29 is 10.3 Å². The number of aryl methyl sites for hydroxylation is 1. The van der Waals surface area contributed by atoms with Gasteiger partial charge in [-0.05, 0) is 30.5 Å². The molecule has 23 heavy (non-hydrogen) atoms. The first-order valence-corrected chi connectivity index (χ1v) is 9.25. The predicted molar refractivity (Wildman–Crippen MR) is 98.0 cm³/mol. The van der Waals surface area contributed by atoms with Gasteiger partial charge in [-0.2, -0.15) is 0 Å². The van der Waals surface area contributed by atoms with Gasteiger partial charge in [0.05, 0.1) is 11.2 Å². The number of phenolic OH excluding ortho intramolecular Hbond substituents is 1. The van der Waals surface area contributed by atoms with Crippen molar-refractivity contribution in [1.29, 1.82) is 0 Å². The Kier molecular flexibility index (Phi) is 10.5. The highest BCUT2D eigenvalue weighted by Crippen LogP contribution is 2.28. The first-order chi connectivity index (χ1) is 11.2. The zero-order chi connectivity index (χ0) is 16.9. The molecule has 0 atom stereocenters. The predicted octanol–water partition coefficient (Wildman–Crippen LogP) is 6.32. The summed E-state index contributed by atoms with van der Waals surface area (Å²) in [6.07, 6.45) is 15.3. The molecular weight excluding hydrogens is 310 g/mol. The Bertz CT molecular complexity index is 475. The van der Waals surface area contributed by atoms with Gasteiger partial charge in [0.2, 0.25) is 0 Å². The zero-order valence-corrected chi connectivity index (χ0v) is 15.0. The van der Waals surface area contributed by atoms with E-state index in [2.05, 4.69) is 12.1 Å². The van der Waals surface area contributed by atoms with E-state index < -0.39 is 0 Å². The number of benzene rings is 1. The molecule has 3 nitrogen and oxygen atoms in total. The average Bonchev–Trinajstić information content (AvgIpc) is 2.54. The summed E-state index contributed by atoms with van der Waals surface area (Å²) in [5.74, 6) is -0.0312. The van der Waals surface area contributed by atoms with Crippen molar-refractivity contribution in [3.05, 3.63) is 28.3 Å². The summed E-state index contributed by atoms with van der Waals surface area (Å²) in [4.78, 5) is 0. The Morgan fingerprint density at radius 3 is 2.09 bits per heavy atom. The monoisotopic (exact) mass is 339 g/mol. The van der Waals surface area contributed by atoms with Crippen LogP contribution in [0.5, 0.6) is 5.75 Å². The molecule has 0 radical (unpaired) electrons. The summed E-state index contributed by atoms with van der Waals surface area (Å²) in [5, 5.41) is 21.6. The van der Waals surface area contributed by atoms with E-state index in [9.17, 15) is 5.11 Å². The van der Waals surface area contributed by atoms with Crippen molar-refractivity contribution in [2.45, 2.75) is 77.6 Å². The van der Waals surface area contributed by atoms with Crippen LogP contribution in [0.2, 0.25) is 5.02 Å². The number of oxime groups is 1. The van der Waals surface area contributed by atoms with Crippen LogP contribution in [0.3, 0.4) is 0 Å². The van der Waals surface area contributed by atoms with Crippen LogP contribution in [0, 0.1) is 0 Å². The molecule has 0 aliphatic carbocycles. The molecule has 0 aliphatic heterocycles. The van der Waals surface area contributed by atoms with Gasteiger partial charge in [-0.3, -0.25) is 0 Å². The first-order valence-electron chi connectivity index (χ1n) is 8.87. The van der Waals surface area contributed by atoms with Crippen molar-refractivity contribution in [2.24, 2.45) is 5.16 Å². The Labute approximate surface area is 145 Å². The summed E-state index contributed by atoms with van der Waals surface area (Å²) in [6, 6.07) is 3.62. The second-order valence-corrected chi connectivity index (χ2v) is 6.60. The van der Waals surface area contributed by atoms with Gasteiger partial charge in [-0.25, -0.2) is 0 Å². The number of rotatable bonds is 12. The van der Waals surface area contributed by atoms with Gasteiger partial charge < -0.3 is 10.3 Å². The van der Waals surface area contributed by atoms with Gasteiger partial charge in [-0.15, -0.1) is 0 Å². The van der Waals surface area contributed by atoms with Gasteiger partial charge in [-0.1, -0.05) is 81.5 Å². The smallest absolute Gasteiger partial charge is 0.143 e. The molecule has 0 saturated carbocycles. The normalized spacial score (nSPS) is 11.4. The molecule has 0 unspecified atom stereocenters. The summed E-state index contributed by atoms with van der Waals surface area (Å²) >= 11 is 5.99. The minimum absolute atomic E-state index is 0.0312. The van der Waals surface area contributed by atoms with Crippen molar-refractivity contribution in [2.75, 3.05) is 0 Å². The molecule has 0 saturated heterocycles. The highest BCUT2D eigenvalue weighted by Gasteiger charge is 2.07. The Morgan fingerprint density at radius 1 is 0.957 bits per heavy atom. The number of aromatic hydroxyl groups is 1. The van der Waals surface area contributed by atoms with Crippen LogP contribution in [0.15, 0.2) is 17.3 Å². The number of nitrogens with zero attached hydrogens (tertiary/aromatic N) is 1. The van der Waals surface area contributed by atoms with E-state index in [-0.39, 0.29) is 5.75 Å². The topological polar surface area (TPSA) is 52.8 Å². The van der Waals surface area contributed by atoms with Gasteiger partial charge in [0.1, 0.15) is 5.75 Å². The molecule has 2 N–H and O–H groups in total. The van der Waals surface area contributed by atoms with E-state index in [0.717, 1.165) is 18.4 Å². The lowest BCUT2D eigenvalue weighted by atomic mass is 10.0. The first kappa shape index (κ1) is 19.8. The minimum Gasteiger partial charge on any atom is -0.506 e. The molecule has 4 heteroatoms. The van der Waals surface area contributed by atoms with Crippen LogP contribution >= 0.6 is 11.6 Å². The summed E-state index contributed by atoms with van der Waals surface area (Å²) in [5.41, 5.74) is 1.53. The minimum atomic E-state index is -0.0312. The van der Waals surface area contributed by atoms with Gasteiger partial charge in [0, 0.05) is 5.56 Å². The molecule has 130 valence electrons. The maximum Gasteiger partial charge on any atom is 0.143 e. The van der Waals surface area contributed by atoms with Crippen LogP contribution in [-0.4, -0.2) is 16.5 Å². The molecule has 0 amide bonds. The molecule has 1 aromatic carbocycles. The Morgan fingerprint density at radius 2 is 1.52 bits per heavy atom. The van der Waals surface area contributed by atoms with Crippen LogP contribution in [0.25, 0.3) is 0 Å². The van der Waals surface area contributed by atoms with Crippen LogP contribution in [0.1, 0.15) is 82.3 Å². The molecule has 0 heterocycles. The molecule has 0 aromatic heterocycles. The van der Waals surface area contributed by atoms with E-state index in [0.29, 0.717) is 10.6 Å². The second kappa shape index (κ2) is 12.2. The maximum absolute atomic E-state index is 9.76. The lowest BCUT2D eigenvalue weighted by Gasteiger charge is -2.07. The van der Waals surface area contributed by atoms with Crippen molar-refractivity contribution >= 4 is 17.8 Å². The third kappa shape index (κ3) is 8.26. The fraction of sp³-hybridized carbons (Fsp3) is 0.632. The quantitative estimate of drug-likeness (QED) is 0.203. The fourth-order valence-electron chi connectivity index (χ4n) is 2.80. The van der Waals surface area contributed by atoms with Crippen molar-refractivity contribution in [1.82, 2.24) is 0 Å². The van der Waals surface area contributed by atoms with Gasteiger partial charge in [0.15, 0.2) is 0 Å². The molecule has 0 aliphatic rings. The lowest BCUT2D eigenvalue weighted by Crippen LogP contribution is -1.91. The third-order valence-electron chi connectivity index (χ3n) is 4.17. The van der Waals surface area contributed by atoms with E-state index in [4.69, 9.17) is 16.8 Å². The molecular formula is C19H30ClNO2. The summed E-state index contributed by atoms with van der Waals surface area (Å²) in [7, 11) is 0. The van der Waals surface area contributed by atoms with Crippen LogP contribution in [-0.2, 0) is 6.42 Å². The van der Waals surface area contributed by atoms with E-state index >= 15 is 0 Å². The maximum atomic E-state index is 9.76. The van der Waals surface area contributed by atoms with E-state index in [1.807, 2.05) is 6.07 Å².